The molecule has 0 radical (unpaired) electrons. The molecule has 0 aromatic heterocycles. The molecule has 0 heterocycles. The zero-order chi connectivity index (χ0) is 15.5. The third-order valence-corrected chi connectivity index (χ3v) is 3.59. The number of nitrogens with zero attached hydrogens (tertiary/aromatic N) is 1. The van der Waals surface area contributed by atoms with Crippen LogP contribution in [0, 0.1) is 0 Å². The highest BCUT2D eigenvalue weighted by atomic mass is 35.5. The Morgan fingerprint density at radius 2 is 2.00 bits per heavy atom. The fourth-order valence-corrected chi connectivity index (χ4v) is 1.74. The number of hydrogen-bond acceptors (Lipinski definition) is 2. The van der Waals surface area contributed by atoms with Gasteiger partial charge in [-0.1, -0.05) is 23.7 Å². The fraction of sp³-hybridized carbons (Fsp3) is 0.429. The predicted octanol–water partition coefficient (Wildman–Crippen LogP) is 2.91. The first kappa shape index (κ1) is 16.3. The normalized spacial score (nSPS) is 12.7. The molecule has 0 aliphatic rings. The fourth-order valence-electron chi connectivity index (χ4n) is 1.54. The van der Waals surface area contributed by atoms with E-state index in [4.69, 9.17) is 16.7 Å². The molecule has 0 saturated heterocycles. The second-order valence-electron chi connectivity index (χ2n) is 5.15. The summed E-state index contributed by atoms with van der Waals surface area (Å²) in [5.41, 5.74) is -0.426. The average molecular weight is 299 g/mol. The van der Waals surface area contributed by atoms with Gasteiger partial charge in [0.2, 0.25) is 0 Å². The van der Waals surface area contributed by atoms with Gasteiger partial charge in [0.25, 0.3) is 0 Å². The van der Waals surface area contributed by atoms with Gasteiger partial charge in [-0.2, -0.15) is 0 Å². The Kier molecular flexibility index (Phi) is 5.00. The number of benzene rings is 1. The van der Waals surface area contributed by atoms with E-state index in [9.17, 15) is 9.59 Å². The van der Waals surface area contributed by atoms with Crippen molar-refractivity contribution in [1.82, 2.24) is 10.2 Å². The van der Waals surface area contributed by atoms with Crippen LogP contribution in [0.4, 0.5) is 4.79 Å². The van der Waals surface area contributed by atoms with Crippen LogP contribution in [0.15, 0.2) is 24.3 Å². The molecule has 0 spiro atoms. The van der Waals surface area contributed by atoms with Crippen molar-refractivity contribution in [3.63, 3.8) is 0 Å². The van der Waals surface area contributed by atoms with E-state index in [1.807, 2.05) is 13.0 Å². The van der Waals surface area contributed by atoms with Gasteiger partial charge in [-0.25, -0.2) is 9.59 Å². The number of hydrogen-bond donors (Lipinski definition) is 2. The van der Waals surface area contributed by atoms with E-state index in [2.05, 4.69) is 5.32 Å². The van der Waals surface area contributed by atoms with E-state index < -0.39 is 17.5 Å². The Hall–Kier alpha value is -1.75. The van der Waals surface area contributed by atoms with Gasteiger partial charge < -0.3 is 15.3 Å². The summed E-state index contributed by atoms with van der Waals surface area (Å²) in [6.07, 6.45) is 0. The highest BCUT2D eigenvalue weighted by molar-refractivity contribution is 6.30. The molecule has 0 fully saturated rings. The minimum Gasteiger partial charge on any atom is -0.480 e. The highest BCUT2D eigenvalue weighted by Crippen LogP contribution is 2.19. The number of carbonyl (C=O) groups excluding carboxylic acids is 1. The number of halogens is 1. The Morgan fingerprint density at radius 1 is 1.40 bits per heavy atom. The van der Waals surface area contributed by atoms with Crippen molar-refractivity contribution in [3.8, 4) is 0 Å². The van der Waals surface area contributed by atoms with Gasteiger partial charge >= 0.3 is 12.0 Å². The number of rotatable bonds is 4. The third kappa shape index (κ3) is 3.63. The van der Waals surface area contributed by atoms with Crippen LogP contribution in [0.3, 0.4) is 0 Å². The predicted molar refractivity (Wildman–Crippen MR) is 77.9 cm³/mol. The number of aliphatic carboxylic acids is 1. The quantitative estimate of drug-likeness (QED) is 0.898. The molecule has 2 N–H and O–H groups in total. The van der Waals surface area contributed by atoms with Crippen molar-refractivity contribution >= 4 is 23.6 Å². The molecule has 0 aliphatic carbocycles. The highest BCUT2D eigenvalue weighted by Gasteiger charge is 2.35. The topological polar surface area (TPSA) is 69.6 Å². The second kappa shape index (κ2) is 6.13. The van der Waals surface area contributed by atoms with Crippen LogP contribution in [0.1, 0.15) is 32.4 Å². The molecule has 5 nitrogen and oxygen atoms in total. The molecular formula is C14H19ClN2O3. The van der Waals surface area contributed by atoms with Crippen LogP contribution in [0.2, 0.25) is 5.02 Å². The summed E-state index contributed by atoms with van der Waals surface area (Å²) < 4.78 is 0. The Balaban J connectivity index is 2.78. The Bertz CT molecular complexity index is 517. The van der Waals surface area contributed by atoms with Gasteiger partial charge in [-0.05, 0) is 38.5 Å². The minimum absolute atomic E-state index is 0.270. The number of urea groups is 1. The van der Waals surface area contributed by atoms with Gasteiger partial charge in [0, 0.05) is 12.1 Å². The van der Waals surface area contributed by atoms with E-state index >= 15 is 0 Å². The zero-order valence-electron chi connectivity index (χ0n) is 12.0. The smallest absolute Gasteiger partial charge is 0.329 e. The first-order chi connectivity index (χ1) is 9.16. The average Bonchev–Trinajstić information content (AvgIpc) is 2.37. The van der Waals surface area contributed by atoms with E-state index in [1.165, 1.54) is 20.9 Å². The van der Waals surface area contributed by atoms with Crippen LogP contribution in [0.5, 0.6) is 0 Å². The zero-order valence-corrected chi connectivity index (χ0v) is 12.7. The largest absolute Gasteiger partial charge is 0.480 e. The van der Waals surface area contributed by atoms with E-state index in [0.717, 1.165) is 10.5 Å². The molecule has 1 aromatic carbocycles. The Labute approximate surface area is 123 Å². The minimum atomic E-state index is -1.28. The monoisotopic (exact) mass is 298 g/mol. The van der Waals surface area contributed by atoms with Crippen molar-refractivity contribution in [2.75, 3.05) is 7.05 Å². The summed E-state index contributed by atoms with van der Waals surface area (Å²) in [7, 11) is 1.45. The summed E-state index contributed by atoms with van der Waals surface area (Å²) >= 11 is 5.90. The molecular weight excluding hydrogens is 280 g/mol. The maximum absolute atomic E-state index is 12.1. The van der Waals surface area contributed by atoms with Crippen LogP contribution in [0.25, 0.3) is 0 Å². The molecule has 1 atom stereocenters. The lowest BCUT2D eigenvalue weighted by Crippen LogP contribution is -2.54. The summed E-state index contributed by atoms with van der Waals surface area (Å²) in [6, 6.07) is 6.43. The van der Waals surface area contributed by atoms with Crippen molar-refractivity contribution in [3.05, 3.63) is 34.9 Å². The van der Waals surface area contributed by atoms with Crippen LogP contribution < -0.4 is 5.32 Å². The van der Waals surface area contributed by atoms with Gasteiger partial charge in [-0.15, -0.1) is 0 Å². The lowest BCUT2D eigenvalue weighted by Gasteiger charge is -2.32. The van der Waals surface area contributed by atoms with Crippen molar-refractivity contribution < 1.29 is 14.7 Å². The summed E-state index contributed by atoms with van der Waals surface area (Å²) in [5.74, 6) is -1.06. The van der Waals surface area contributed by atoms with E-state index in [0.29, 0.717) is 5.02 Å². The SMILES string of the molecule is CC(NC(=O)N(C)C(C)(C)C(=O)O)c1cccc(Cl)c1. The first-order valence-corrected chi connectivity index (χ1v) is 6.57. The molecule has 1 aromatic rings. The number of carboxylic acid groups (broad SMARTS) is 1. The lowest BCUT2D eigenvalue weighted by atomic mass is 10.0. The van der Waals surface area contributed by atoms with E-state index in [-0.39, 0.29) is 6.04 Å². The van der Waals surface area contributed by atoms with Gasteiger partial charge in [0.15, 0.2) is 0 Å². The summed E-state index contributed by atoms with van der Waals surface area (Å²) in [6.45, 7) is 4.75. The third-order valence-electron chi connectivity index (χ3n) is 3.36. The van der Waals surface area contributed by atoms with Crippen LogP contribution >= 0.6 is 11.6 Å². The summed E-state index contributed by atoms with van der Waals surface area (Å²) in [4.78, 5) is 24.4. The summed E-state index contributed by atoms with van der Waals surface area (Å²) in [5, 5.41) is 12.4. The molecule has 2 amide bonds. The maximum Gasteiger partial charge on any atom is 0.329 e. The molecule has 6 heteroatoms. The molecule has 110 valence electrons. The molecule has 20 heavy (non-hydrogen) atoms. The molecule has 0 bridgehead atoms. The van der Waals surface area contributed by atoms with Crippen LogP contribution in [-0.4, -0.2) is 34.6 Å². The van der Waals surface area contributed by atoms with Gasteiger partial charge in [0.05, 0.1) is 6.04 Å². The van der Waals surface area contributed by atoms with Crippen molar-refractivity contribution in [1.29, 1.82) is 0 Å². The number of nitrogens with one attached hydrogen (secondary N) is 1. The second-order valence-corrected chi connectivity index (χ2v) is 5.59. The molecule has 0 saturated carbocycles. The van der Waals surface area contributed by atoms with Crippen molar-refractivity contribution in [2.24, 2.45) is 0 Å². The number of carboxylic acids is 1. The standard InChI is InChI=1S/C14H19ClN2O3/c1-9(10-6-5-7-11(15)8-10)16-13(20)17(4)14(2,3)12(18)19/h5-9H,1-4H3,(H,16,20)(H,18,19). The molecule has 0 aliphatic heterocycles. The maximum atomic E-state index is 12.1. The van der Waals surface area contributed by atoms with E-state index in [1.54, 1.807) is 18.2 Å². The first-order valence-electron chi connectivity index (χ1n) is 6.19. The molecule has 1 unspecified atom stereocenters. The number of amides is 2. The van der Waals surface area contributed by atoms with Crippen molar-refractivity contribution in [2.45, 2.75) is 32.4 Å². The number of likely N-dealkylation sites (N-methyl/N-ethyl adjacent to an activating group) is 1. The van der Waals surface area contributed by atoms with Gasteiger partial charge in [-0.3, -0.25) is 0 Å². The number of carbonyl (C=O) groups is 2. The Morgan fingerprint density at radius 3 is 2.50 bits per heavy atom. The lowest BCUT2D eigenvalue weighted by molar-refractivity contribution is -0.146. The van der Waals surface area contributed by atoms with Gasteiger partial charge in [0.1, 0.15) is 5.54 Å². The van der Waals surface area contributed by atoms with Crippen LogP contribution in [-0.2, 0) is 4.79 Å². The molecule has 1 rings (SSSR count).